The van der Waals surface area contributed by atoms with Crippen molar-refractivity contribution in [3.05, 3.63) is 82.7 Å². The number of carboxylic acid groups (broad SMARTS) is 1. The molecule has 0 radical (unpaired) electrons. The number of hydrogen-bond donors (Lipinski definition) is 1. The zero-order valence-corrected chi connectivity index (χ0v) is 21.8. The van der Waals surface area contributed by atoms with Crippen molar-refractivity contribution in [2.24, 2.45) is 4.99 Å². The molecule has 4 aromatic rings. The molecule has 0 unspecified atom stereocenters. The van der Waals surface area contributed by atoms with E-state index in [0.717, 1.165) is 52.0 Å². The first-order chi connectivity index (χ1) is 18.4. The molecular formula is C32H31FN2O3. The van der Waals surface area contributed by atoms with Crippen LogP contribution in [-0.4, -0.2) is 28.0 Å². The summed E-state index contributed by atoms with van der Waals surface area (Å²) in [5, 5.41) is 10.8. The first-order valence-corrected chi connectivity index (χ1v) is 13.4. The lowest BCUT2D eigenvalue weighted by Crippen LogP contribution is -2.07. The van der Waals surface area contributed by atoms with E-state index in [9.17, 15) is 14.3 Å². The fourth-order valence-electron chi connectivity index (χ4n) is 6.25. The first-order valence-electron chi connectivity index (χ1n) is 13.4. The highest BCUT2D eigenvalue weighted by Crippen LogP contribution is 2.49. The molecule has 38 heavy (non-hydrogen) atoms. The van der Waals surface area contributed by atoms with Crippen LogP contribution in [-0.2, 0) is 6.54 Å². The van der Waals surface area contributed by atoms with Crippen molar-refractivity contribution in [3.63, 3.8) is 0 Å². The first kappa shape index (κ1) is 24.4. The van der Waals surface area contributed by atoms with Gasteiger partial charge in [-0.3, -0.25) is 4.99 Å². The Hall–Kier alpha value is -3.93. The quantitative estimate of drug-likeness (QED) is 0.283. The minimum atomic E-state index is -0.921. The number of aliphatic imine (C=N–C) groups is 1. The standard InChI is InChI=1S/C32H31FN2O3/c1-19-27(34-20(2)23-10-6-7-11-26(23)33)15-14-25-30-29(21-8-4-3-5-9-21)24-13-12-22(32(36)37)18-28(24)35(30)16-17-38-31(19)25/h6-7,10-15,18,21H,3-5,8-9,16-17H2,1-2H3,(H,36,37)/b34-20+. The van der Waals surface area contributed by atoms with Gasteiger partial charge in [-0.2, -0.15) is 0 Å². The Kier molecular flexibility index (Phi) is 6.26. The number of rotatable bonds is 4. The van der Waals surface area contributed by atoms with Crippen LogP contribution in [0.25, 0.3) is 22.2 Å². The van der Waals surface area contributed by atoms with E-state index in [4.69, 9.17) is 9.73 Å². The van der Waals surface area contributed by atoms with Crippen LogP contribution < -0.4 is 4.74 Å². The number of aromatic carboxylic acids is 1. The molecule has 3 aromatic carbocycles. The van der Waals surface area contributed by atoms with Gasteiger partial charge in [0.15, 0.2) is 0 Å². The van der Waals surface area contributed by atoms with Gasteiger partial charge in [-0.05, 0) is 68.5 Å². The molecule has 6 rings (SSSR count). The summed E-state index contributed by atoms with van der Waals surface area (Å²) in [7, 11) is 0. The van der Waals surface area contributed by atoms with Crippen LogP contribution >= 0.6 is 0 Å². The fourth-order valence-corrected chi connectivity index (χ4v) is 6.25. The molecule has 6 heteroatoms. The second-order valence-corrected chi connectivity index (χ2v) is 10.4. The van der Waals surface area contributed by atoms with E-state index in [2.05, 4.69) is 10.6 Å². The molecule has 1 aromatic heterocycles. The molecule has 1 aliphatic heterocycles. The van der Waals surface area contributed by atoms with Crippen molar-refractivity contribution in [1.29, 1.82) is 0 Å². The lowest BCUT2D eigenvalue weighted by Gasteiger charge is -2.24. The molecule has 5 nitrogen and oxygen atoms in total. The van der Waals surface area contributed by atoms with Crippen molar-refractivity contribution in [2.75, 3.05) is 6.61 Å². The van der Waals surface area contributed by atoms with Gasteiger partial charge in [-0.25, -0.2) is 9.18 Å². The summed E-state index contributed by atoms with van der Waals surface area (Å²) in [6, 6.07) is 16.3. The molecule has 1 aliphatic carbocycles. The van der Waals surface area contributed by atoms with Gasteiger partial charge in [0.25, 0.3) is 0 Å². The third-order valence-corrected chi connectivity index (χ3v) is 8.11. The Morgan fingerprint density at radius 1 is 1.08 bits per heavy atom. The van der Waals surface area contributed by atoms with Crippen LogP contribution in [0.5, 0.6) is 5.75 Å². The summed E-state index contributed by atoms with van der Waals surface area (Å²) in [4.78, 5) is 16.6. The van der Waals surface area contributed by atoms with Crippen LogP contribution in [0.1, 0.15) is 72.0 Å². The van der Waals surface area contributed by atoms with Crippen LogP contribution in [0, 0.1) is 12.7 Å². The number of benzene rings is 3. The van der Waals surface area contributed by atoms with Crippen molar-refractivity contribution in [1.82, 2.24) is 4.57 Å². The maximum atomic E-state index is 14.4. The largest absolute Gasteiger partial charge is 0.491 e. The number of carboxylic acids is 1. The molecule has 1 saturated carbocycles. The lowest BCUT2D eigenvalue weighted by molar-refractivity contribution is 0.0697. The fraction of sp³-hybridized carbons (Fsp3) is 0.312. The van der Waals surface area contributed by atoms with Gasteiger partial charge < -0.3 is 14.4 Å². The van der Waals surface area contributed by atoms with Crippen molar-refractivity contribution >= 4 is 28.3 Å². The van der Waals surface area contributed by atoms with Gasteiger partial charge >= 0.3 is 5.97 Å². The zero-order chi connectivity index (χ0) is 26.4. The molecule has 2 heterocycles. The maximum absolute atomic E-state index is 14.4. The normalized spacial score (nSPS) is 16.0. The second-order valence-electron chi connectivity index (χ2n) is 10.4. The van der Waals surface area contributed by atoms with E-state index in [1.54, 1.807) is 18.2 Å². The van der Waals surface area contributed by atoms with Crippen molar-refractivity contribution in [2.45, 2.75) is 58.4 Å². The second kappa shape index (κ2) is 9.75. The van der Waals surface area contributed by atoms with E-state index >= 15 is 0 Å². The zero-order valence-electron chi connectivity index (χ0n) is 21.8. The van der Waals surface area contributed by atoms with Crippen LogP contribution in [0.2, 0.25) is 0 Å². The number of aromatic nitrogens is 1. The lowest BCUT2D eigenvalue weighted by atomic mass is 9.81. The molecule has 0 bridgehead atoms. The molecule has 2 aliphatic rings. The third kappa shape index (κ3) is 4.08. The predicted octanol–water partition coefficient (Wildman–Crippen LogP) is 8.03. The molecule has 0 spiro atoms. The van der Waals surface area contributed by atoms with Crippen LogP contribution in [0.4, 0.5) is 10.1 Å². The van der Waals surface area contributed by atoms with Crippen molar-refractivity contribution < 1.29 is 19.0 Å². The van der Waals surface area contributed by atoms with Gasteiger partial charge in [0, 0.05) is 33.3 Å². The average molecular weight is 511 g/mol. The Bertz CT molecular complexity index is 1590. The molecule has 0 saturated heterocycles. The minimum absolute atomic E-state index is 0.292. The molecule has 0 atom stereocenters. The van der Waals surface area contributed by atoms with E-state index in [0.29, 0.717) is 35.9 Å². The summed E-state index contributed by atoms with van der Waals surface area (Å²) >= 11 is 0. The topological polar surface area (TPSA) is 63.8 Å². The Balaban J connectivity index is 1.55. The highest BCUT2D eigenvalue weighted by Gasteiger charge is 2.30. The van der Waals surface area contributed by atoms with Crippen molar-refractivity contribution in [3.8, 4) is 17.0 Å². The summed E-state index contributed by atoms with van der Waals surface area (Å²) in [6.07, 6.45) is 5.93. The number of ether oxygens (including phenoxy) is 1. The van der Waals surface area contributed by atoms with Crippen LogP contribution in [0.15, 0.2) is 59.6 Å². The Morgan fingerprint density at radius 2 is 1.87 bits per heavy atom. The van der Waals surface area contributed by atoms with Gasteiger partial charge in [0.2, 0.25) is 0 Å². The number of hydrogen-bond acceptors (Lipinski definition) is 3. The Morgan fingerprint density at radius 3 is 2.63 bits per heavy atom. The van der Waals surface area contributed by atoms with Crippen LogP contribution in [0.3, 0.4) is 0 Å². The van der Waals surface area contributed by atoms with Gasteiger partial charge in [-0.15, -0.1) is 0 Å². The summed E-state index contributed by atoms with van der Waals surface area (Å²) in [5.74, 6) is 0.00498. The van der Waals surface area contributed by atoms with Gasteiger partial charge in [-0.1, -0.05) is 43.5 Å². The van der Waals surface area contributed by atoms with Gasteiger partial charge in [0.1, 0.15) is 18.2 Å². The number of carbonyl (C=O) groups is 1. The van der Waals surface area contributed by atoms with Gasteiger partial charge in [0.05, 0.1) is 23.5 Å². The highest BCUT2D eigenvalue weighted by atomic mass is 19.1. The number of nitrogens with zero attached hydrogens (tertiary/aromatic N) is 2. The average Bonchev–Trinajstić information content (AvgIpc) is 3.11. The summed E-state index contributed by atoms with van der Waals surface area (Å²) in [6.45, 7) is 4.92. The number of fused-ring (bicyclic) bond motifs is 5. The Labute approximate surface area is 221 Å². The summed E-state index contributed by atoms with van der Waals surface area (Å²) in [5.41, 5.74) is 7.45. The third-order valence-electron chi connectivity index (χ3n) is 8.11. The predicted molar refractivity (Wildman–Crippen MR) is 149 cm³/mol. The highest BCUT2D eigenvalue weighted by molar-refractivity contribution is 6.01. The maximum Gasteiger partial charge on any atom is 0.335 e. The van der Waals surface area contributed by atoms with E-state index in [-0.39, 0.29) is 5.82 Å². The monoisotopic (exact) mass is 510 g/mol. The molecule has 0 amide bonds. The SMILES string of the molecule is C/C(=N\c1ccc2c(c1C)OCCn1c-2c(C2CCCCC2)c2ccc(C(=O)O)cc21)c1ccccc1F. The smallest absolute Gasteiger partial charge is 0.335 e. The summed E-state index contributed by atoms with van der Waals surface area (Å²) < 4.78 is 23.0. The van der Waals surface area contributed by atoms with E-state index in [1.807, 2.05) is 38.1 Å². The molecule has 1 fully saturated rings. The van der Waals surface area contributed by atoms with E-state index < -0.39 is 5.97 Å². The van der Waals surface area contributed by atoms with E-state index in [1.165, 1.54) is 30.9 Å². The minimum Gasteiger partial charge on any atom is -0.491 e. The molecule has 194 valence electrons. The molecular weight excluding hydrogens is 479 g/mol. The number of halogens is 1. The molecule has 1 N–H and O–H groups in total.